The lowest BCUT2D eigenvalue weighted by Gasteiger charge is -2.40. The lowest BCUT2D eigenvalue weighted by atomic mass is 9.88. The number of piperidine rings is 1. The van der Waals surface area contributed by atoms with Gasteiger partial charge in [-0.05, 0) is 13.3 Å². The van der Waals surface area contributed by atoms with Gasteiger partial charge in [0.15, 0.2) is 0 Å². The molecule has 20 heavy (non-hydrogen) atoms. The quantitative estimate of drug-likeness (QED) is 0.817. The van der Waals surface area contributed by atoms with Crippen LogP contribution < -0.4 is 5.32 Å². The van der Waals surface area contributed by atoms with E-state index in [1.165, 1.54) is 0 Å². The molecule has 5 nitrogen and oxygen atoms in total. The summed E-state index contributed by atoms with van der Waals surface area (Å²) in [7, 11) is 0. The van der Waals surface area contributed by atoms with Crippen LogP contribution in [0.15, 0.2) is 0 Å². The number of aliphatic hydroxyl groups excluding tert-OH is 1. The van der Waals surface area contributed by atoms with Crippen LogP contribution in [-0.4, -0.2) is 47.1 Å². The van der Waals surface area contributed by atoms with Gasteiger partial charge in [0.1, 0.15) is 0 Å². The van der Waals surface area contributed by atoms with Gasteiger partial charge in [0.25, 0.3) is 0 Å². The molecule has 0 aromatic heterocycles. The summed E-state index contributed by atoms with van der Waals surface area (Å²) in [4.78, 5) is 25.7. The van der Waals surface area contributed by atoms with E-state index in [0.29, 0.717) is 25.9 Å². The maximum absolute atomic E-state index is 12.1. The second kappa shape index (κ2) is 6.57. The third-order valence-electron chi connectivity index (χ3n) is 3.84. The molecule has 1 saturated heterocycles. The summed E-state index contributed by atoms with van der Waals surface area (Å²) < 4.78 is 0. The molecule has 0 radical (unpaired) electrons. The molecule has 1 fully saturated rings. The van der Waals surface area contributed by atoms with Gasteiger partial charge in [0.2, 0.25) is 11.8 Å². The van der Waals surface area contributed by atoms with E-state index in [1.54, 1.807) is 11.8 Å². The van der Waals surface area contributed by atoms with Gasteiger partial charge in [0.05, 0.1) is 6.10 Å². The summed E-state index contributed by atoms with van der Waals surface area (Å²) in [6.07, 6.45) is 0.691. The third-order valence-corrected chi connectivity index (χ3v) is 3.84. The van der Waals surface area contributed by atoms with Gasteiger partial charge >= 0.3 is 0 Å². The molecule has 1 aliphatic rings. The van der Waals surface area contributed by atoms with E-state index in [-0.39, 0.29) is 23.8 Å². The van der Waals surface area contributed by atoms with Gasteiger partial charge in [-0.1, -0.05) is 27.7 Å². The smallest absolute Gasteiger partial charge is 0.225 e. The Labute approximate surface area is 121 Å². The average Bonchev–Trinajstić information content (AvgIpc) is 2.36. The molecule has 0 saturated carbocycles. The van der Waals surface area contributed by atoms with E-state index in [9.17, 15) is 14.7 Å². The highest BCUT2D eigenvalue weighted by Crippen LogP contribution is 2.22. The van der Waals surface area contributed by atoms with Crippen molar-refractivity contribution in [2.75, 3.05) is 13.1 Å². The van der Waals surface area contributed by atoms with Crippen molar-refractivity contribution < 1.29 is 14.7 Å². The van der Waals surface area contributed by atoms with Crippen LogP contribution in [0.3, 0.4) is 0 Å². The monoisotopic (exact) mass is 284 g/mol. The molecule has 1 rings (SSSR count). The molecule has 1 aliphatic heterocycles. The van der Waals surface area contributed by atoms with E-state index in [1.807, 2.05) is 27.7 Å². The molecular formula is C15H28N2O3. The lowest BCUT2D eigenvalue weighted by molar-refractivity contribution is -0.136. The Balaban J connectivity index is 2.75. The highest BCUT2D eigenvalue weighted by atomic mass is 16.3. The average molecular weight is 284 g/mol. The van der Waals surface area contributed by atoms with Crippen LogP contribution in [0.2, 0.25) is 0 Å². The van der Waals surface area contributed by atoms with Crippen LogP contribution in [0.25, 0.3) is 0 Å². The summed E-state index contributed by atoms with van der Waals surface area (Å²) in [6, 6.07) is -0.0782. The minimum Gasteiger partial charge on any atom is -0.393 e. The summed E-state index contributed by atoms with van der Waals surface area (Å²) in [5.74, 6) is 0.0764. The molecule has 2 amide bonds. The summed E-state index contributed by atoms with van der Waals surface area (Å²) >= 11 is 0. The summed E-state index contributed by atoms with van der Waals surface area (Å²) in [5, 5.41) is 12.8. The van der Waals surface area contributed by atoms with Gasteiger partial charge in [-0.3, -0.25) is 9.59 Å². The number of carbonyl (C=O) groups is 2. The molecule has 3 unspecified atom stereocenters. The summed E-state index contributed by atoms with van der Waals surface area (Å²) in [6.45, 7) is 10.3. The number of aliphatic hydroxyl groups is 1. The van der Waals surface area contributed by atoms with E-state index in [0.717, 1.165) is 0 Å². The normalized spacial score (nSPS) is 25.2. The number of likely N-dealkylation sites (tertiary alicyclic amines) is 1. The minimum atomic E-state index is -0.475. The van der Waals surface area contributed by atoms with E-state index < -0.39 is 11.5 Å². The predicted octanol–water partition coefficient (Wildman–Crippen LogP) is 1.16. The van der Waals surface area contributed by atoms with Crippen LogP contribution in [-0.2, 0) is 9.59 Å². The standard InChI is InChI=1S/C15H28N2O3/c1-6-13(19)17-8-11(10(2)18)7-12(9-17)16-14(20)15(3,4)5/h10-12,18H,6-9H2,1-5H3,(H,16,20). The van der Waals surface area contributed by atoms with Crippen molar-refractivity contribution in [2.45, 2.75) is 59.6 Å². The Hall–Kier alpha value is -1.10. The second-order valence-electron chi connectivity index (χ2n) is 6.81. The molecule has 0 aliphatic carbocycles. The first-order chi connectivity index (χ1) is 9.15. The molecule has 0 bridgehead atoms. The second-order valence-corrected chi connectivity index (χ2v) is 6.81. The zero-order chi connectivity index (χ0) is 15.5. The fourth-order valence-electron chi connectivity index (χ4n) is 2.42. The molecule has 116 valence electrons. The predicted molar refractivity (Wildman–Crippen MR) is 78.0 cm³/mol. The Bertz CT molecular complexity index is 361. The van der Waals surface area contributed by atoms with Crippen LogP contribution in [0.4, 0.5) is 0 Å². The molecule has 5 heteroatoms. The van der Waals surface area contributed by atoms with Crippen LogP contribution in [0.1, 0.15) is 47.5 Å². The van der Waals surface area contributed by atoms with Crippen molar-refractivity contribution in [3.63, 3.8) is 0 Å². The maximum Gasteiger partial charge on any atom is 0.225 e. The van der Waals surface area contributed by atoms with Gasteiger partial charge in [0, 0.05) is 36.9 Å². The summed E-state index contributed by atoms with van der Waals surface area (Å²) in [5.41, 5.74) is -0.447. The molecule has 0 aromatic rings. The third kappa shape index (κ3) is 4.47. The van der Waals surface area contributed by atoms with Crippen LogP contribution in [0, 0.1) is 11.3 Å². The van der Waals surface area contributed by atoms with Crippen molar-refractivity contribution in [1.29, 1.82) is 0 Å². The topological polar surface area (TPSA) is 69.6 Å². The molecule has 2 N–H and O–H groups in total. The Kier molecular flexibility index (Phi) is 5.57. The number of hydrogen-bond donors (Lipinski definition) is 2. The first-order valence-corrected chi connectivity index (χ1v) is 7.42. The minimum absolute atomic E-state index is 0.0161. The van der Waals surface area contributed by atoms with Crippen molar-refractivity contribution in [3.8, 4) is 0 Å². The van der Waals surface area contributed by atoms with Gasteiger partial charge in [-0.2, -0.15) is 0 Å². The largest absolute Gasteiger partial charge is 0.393 e. The van der Waals surface area contributed by atoms with Crippen LogP contribution >= 0.6 is 0 Å². The molecule has 0 spiro atoms. The maximum atomic E-state index is 12.1. The lowest BCUT2D eigenvalue weighted by Crippen LogP contribution is -2.55. The molecular weight excluding hydrogens is 256 g/mol. The van der Waals surface area contributed by atoms with Crippen molar-refractivity contribution in [1.82, 2.24) is 10.2 Å². The Morgan fingerprint density at radius 1 is 1.35 bits per heavy atom. The van der Waals surface area contributed by atoms with Gasteiger partial charge in [-0.15, -0.1) is 0 Å². The number of hydrogen-bond acceptors (Lipinski definition) is 3. The fraction of sp³-hybridized carbons (Fsp3) is 0.867. The van der Waals surface area contributed by atoms with Crippen molar-refractivity contribution in [3.05, 3.63) is 0 Å². The zero-order valence-electron chi connectivity index (χ0n) is 13.3. The van der Waals surface area contributed by atoms with Crippen molar-refractivity contribution >= 4 is 11.8 Å². The Morgan fingerprint density at radius 2 is 1.95 bits per heavy atom. The van der Waals surface area contributed by atoms with Crippen molar-refractivity contribution in [2.24, 2.45) is 11.3 Å². The van der Waals surface area contributed by atoms with E-state index in [4.69, 9.17) is 0 Å². The molecule has 1 heterocycles. The number of carbonyl (C=O) groups excluding carboxylic acids is 2. The molecule has 0 aromatic carbocycles. The van der Waals surface area contributed by atoms with E-state index in [2.05, 4.69) is 5.32 Å². The highest BCUT2D eigenvalue weighted by molar-refractivity contribution is 5.82. The number of nitrogens with zero attached hydrogens (tertiary/aromatic N) is 1. The zero-order valence-corrected chi connectivity index (χ0v) is 13.3. The first kappa shape index (κ1) is 17.0. The Morgan fingerprint density at radius 3 is 2.40 bits per heavy atom. The number of nitrogens with one attached hydrogen (secondary N) is 1. The van der Waals surface area contributed by atoms with E-state index >= 15 is 0 Å². The fourth-order valence-corrected chi connectivity index (χ4v) is 2.42. The van der Waals surface area contributed by atoms with Crippen LogP contribution in [0.5, 0.6) is 0 Å². The van der Waals surface area contributed by atoms with Gasteiger partial charge in [-0.25, -0.2) is 0 Å². The number of rotatable bonds is 3. The SMILES string of the molecule is CCC(=O)N1CC(NC(=O)C(C)(C)C)CC(C(C)O)C1. The molecule has 3 atom stereocenters. The van der Waals surface area contributed by atoms with Gasteiger partial charge < -0.3 is 15.3 Å². The first-order valence-electron chi connectivity index (χ1n) is 7.42. The number of amides is 2. The highest BCUT2D eigenvalue weighted by Gasteiger charge is 2.34.